The highest BCUT2D eigenvalue weighted by atomic mass is 32.1. The maximum atomic E-state index is 13.0. The van der Waals surface area contributed by atoms with E-state index in [1.54, 1.807) is 24.1 Å². The fourth-order valence-corrected chi connectivity index (χ4v) is 3.88. The summed E-state index contributed by atoms with van der Waals surface area (Å²) in [6.07, 6.45) is 0.583. The van der Waals surface area contributed by atoms with E-state index in [9.17, 15) is 9.18 Å². The summed E-state index contributed by atoms with van der Waals surface area (Å²) in [7, 11) is 1.77. The molecule has 0 atom stereocenters. The van der Waals surface area contributed by atoms with Crippen LogP contribution in [0.15, 0.2) is 48.5 Å². The van der Waals surface area contributed by atoms with Crippen LogP contribution in [-0.2, 0) is 6.42 Å². The van der Waals surface area contributed by atoms with Gasteiger partial charge in [0.15, 0.2) is 0 Å². The van der Waals surface area contributed by atoms with E-state index in [-0.39, 0.29) is 11.7 Å². The number of aromatic nitrogens is 1. The second-order valence-electron chi connectivity index (χ2n) is 6.67. The normalized spacial score (nSPS) is 10.7. The van der Waals surface area contributed by atoms with Crippen molar-refractivity contribution in [2.45, 2.75) is 20.3 Å². The highest BCUT2D eigenvalue weighted by Gasteiger charge is 2.19. The second kappa shape index (κ2) is 8.97. The molecular formula is C22H23FN2O2S. The molecule has 28 heavy (non-hydrogen) atoms. The topological polar surface area (TPSA) is 42.4 Å². The zero-order chi connectivity index (χ0) is 20.1. The Bertz CT molecular complexity index is 953. The number of ether oxygens (including phenoxy) is 1. The Hall–Kier alpha value is -2.73. The molecule has 1 aromatic heterocycles. The van der Waals surface area contributed by atoms with Gasteiger partial charge >= 0.3 is 0 Å². The molecule has 0 bridgehead atoms. The number of likely N-dealkylation sites (N-methyl/N-ethyl adjacent to an activating group) is 1. The molecule has 0 aliphatic heterocycles. The van der Waals surface area contributed by atoms with Crippen LogP contribution in [0, 0.1) is 19.7 Å². The van der Waals surface area contributed by atoms with Gasteiger partial charge in [-0.1, -0.05) is 30.3 Å². The van der Waals surface area contributed by atoms with Crippen molar-refractivity contribution >= 4 is 17.2 Å². The lowest BCUT2D eigenvalue weighted by molar-refractivity contribution is 0.0777. The van der Waals surface area contributed by atoms with Gasteiger partial charge in [0.25, 0.3) is 5.91 Å². The molecule has 6 heteroatoms. The van der Waals surface area contributed by atoms with Crippen LogP contribution in [0.2, 0.25) is 0 Å². The third-order valence-electron chi connectivity index (χ3n) is 4.43. The second-order valence-corrected chi connectivity index (χ2v) is 7.75. The summed E-state index contributed by atoms with van der Waals surface area (Å²) >= 11 is 1.39. The van der Waals surface area contributed by atoms with Gasteiger partial charge in [0.05, 0.1) is 17.2 Å². The van der Waals surface area contributed by atoms with Crippen molar-refractivity contribution in [3.8, 4) is 5.75 Å². The monoisotopic (exact) mass is 398 g/mol. The first-order valence-electron chi connectivity index (χ1n) is 9.08. The van der Waals surface area contributed by atoms with Gasteiger partial charge in [-0.15, -0.1) is 11.3 Å². The fourth-order valence-electron chi connectivity index (χ4n) is 2.79. The molecule has 1 amide bonds. The van der Waals surface area contributed by atoms with Crippen LogP contribution in [0.3, 0.4) is 0 Å². The standard InChI is InChI=1S/C22H23FN2O2S/c1-15-6-4-5-7-19(15)27-13-12-25(3)22(26)21-16(2)24-20(28-21)14-17-8-10-18(23)11-9-17/h4-11H,12-14H2,1-3H3. The Kier molecular flexibility index (Phi) is 6.41. The Labute approximate surface area is 168 Å². The largest absolute Gasteiger partial charge is 0.491 e. The number of rotatable bonds is 7. The lowest BCUT2D eigenvalue weighted by Gasteiger charge is -2.17. The number of para-hydroxylation sites is 1. The molecule has 2 aromatic carbocycles. The van der Waals surface area contributed by atoms with Crippen LogP contribution in [0.25, 0.3) is 0 Å². The van der Waals surface area contributed by atoms with E-state index >= 15 is 0 Å². The number of hydrogen-bond donors (Lipinski definition) is 0. The highest BCUT2D eigenvalue weighted by Crippen LogP contribution is 2.22. The summed E-state index contributed by atoms with van der Waals surface area (Å²) in [6.45, 7) is 4.74. The lowest BCUT2D eigenvalue weighted by Crippen LogP contribution is -2.30. The Morgan fingerprint density at radius 1 is 1.14 bits per heavy atom. The van der Waals surface area contributed by atoms with Crippen molar-refractivity contribution < 1.29 is 13.9 Å². The minimum Gasteiger partial charge on any atom is -0.491 e. The maximum Gasteiger partial charge on any atom is 0.265 e. The molecule has 0 spiro atoms. The van der Waals surface area contributed by atoms with Crippen LogP contribution in [0.4, 0.5) is 4.39 Å². The van der Waals surface area contributed by atoms with Gasteiger partial charge in [-0.2, -0.15) is 0 Å². The maximum absolute atomic E-state index is 13.0. The first-order valence-corrected chi connectivity index (χ1v) is 9.90. The van der Waals surface area contributed by atoms with Crippen molar-refractivity contribution in [1.29, 1.82) is 0 Å². The number of halogens is 1. The van der Waals surface area contributed by atoms with Crippen molar-refractivity contribution in [3.63, 3.8) is 0 Å². The van der Waals surface area contributed by atoms with Crippen LogP contribution < -0.4 is 4.74 Å². The van der Waals surface area contributed by atoms with E-state index in [1.807, 2.05) is 38.1 Å². The SMILES string of the molecule is Cc1ccccc1OCCN(C)C(=O)c1sc(Cc2ccc(F)cc2)nc1C. The zero-order valence-corrected chi connectivity index (χ0v) is 17.1. The van der Waals surface area contributed by atoms with Crippen molar-refractivity contribution in [2.24, 2.45) is 0 Å². The Morgan fingerprint density at radius 2 is 1.86 bits per heavy atom. The molecule has 0 fully saturated rings. The molecule has 0 N–H and O–H groups in total. The number of carbonyl (C=O) groups excluding carboxylic acids is 1. The van der Waals surface area contributed by atoms with Gasteiger partial charge in [-0.25, -0.2) is 9.37 Å². The van der Waals surface area contributed by atoms with E-state index in [1.165, 1.54) is 23.5 Å². The molecule has 3 rings (SSSR count). The minimum absolute atomic E-state index is 0.0614. The average molecular weight is 399 g/mol. The predicted molar refractivity (Wildman–Crippen MR) is 110 cm³/mol. The van der Waals surface area contributed by atoms with Gasteiger partial charge < -0.3 is 9.64 Å². The van der Waals surface area contributed by atoms with Crippen molar-refractivity contribution in [2.75, 3.05) is 20.2 Å². The molecule has 0 aliphatic carbocycles. The summed E-state index contributed by atoms with van der Waals surface area (Å²) in [4.78, 5) is 19.6. The number of thiazole rings is 1. The number of benzene rings is 2. The predicted octanol–water partition coefficient (Wildman–Crippen LogP) is 4.64. The zero-order valence-electron chi connectivity index (χ0n) is 16.2. The minimum atomic E-state index is -0.260. The molecule has 0 unspecified atom stereocenters. The Morgan fingerprint density at radius 3 is 2.57 bits per heavy atom. The number of aryl methyl sites for hydroxylation is 2. The van der Waals surface area contributed by atoms with Crippen molar-refractivity contribution in [1.82, 2.24) is 9.88 Å². The van der Waals surface area contributed by atoms with Gasteiger partial charge in [-0.3, -0.25) is 4.79 Å². The summed E-state index contributed by atoms with van der Waals surface area (Å²) in [5, 5.41) is 0.844. The third-order valence-corrected chi connectivity index (χ3v) is 5.57. The van der Waals surface area contributed by atoms with Crippen LogP contribution in [-0.4, -0.2) is 36.0 Å². The number of hydrogen-bond acceptors (Lipinski definition) is 4. The van der Waals surface area contributed by atoms with Crippen LogP contribution in [0.1, 0.15) is 31.5 Å². The molecule has 0 saturated heterocycles. The number of nitrogens with zero attached hydrogens (tertiary/aromatic N) is 2. The summed E-state index contributed by atoms with van der Waals surface area (Å²) in [6, 6.07) is 14.2. The van der Waals surface area contributed by atoms with E-state index in [0.29, 0.717) is 24.4 Å². The molecular weight excluding hydrogens is 375 g/mol. The van der Waals surface area contributed by atoms with Gasteiger partial charge in [0.1, 0.15) is 23.1 Å². The lowest BCUT2D eigenvalue weighted by atomic mass is 10.1. The summed E-state index contributed by atoms with van der Waals surface area (Å²) < 4.78 is 18.8. The molecule has 4 nitrogen and oxygen atoms in total. The molecule has 146 valence electrons. The molecule has 0 aliphatic rings. The van der Waals surface area contributed by atoms with E-state index < -0.39 is 0 Å². The highest BCUT2D eigenvalue weighted by molar-refractivity contribution is 7.13. The van der Waals surface area contributed by atoms with Gasteiger partial charge in [-0.05, 0) is 43.2 Å². The summed E-state index contributed by atoms with van der Waals surface area (Å²) in [5.41, 5.74) is 2.76. The van der Waals surface area contributed by atoms with E-state index in [0.717, 1.165) is 27.6 Å². The fraction of sp³-hybridized carbons (Fsp3) is 0.273. The number of carbonyl (C=O) groups is 1. The Balaban J connectivity index is 1.59. The molecule has 0 radical (unpaired) electrons. The number of amides is 1. The smallest absolute Gasteiger partial charge is 0.265 e. The van der Waals surface area contributed by atoms with Gasteiger partial charge in [0.2, 0.25) is 0 Å². The molecule has 1 heterocycles. The first-order chi connectivity index (χ1) is 13.4. The average Bonchev–Trinajstić information content (AvgIpc) is 3.04. The van der Waals surface area contributed by atoms with Crippen molar-refractivity contribution in [3.05, 3.63) is 81.1 Å². The van der Waals surface area contributed by atoms with E-state index in [2.05, 4.69) is 4.98 Å². The first kappa shape index (κ1) is 20.0. The molecule has 0 saturated carbocycles. The quantitative estimate of drug-likeness (QED) is 0.582. The van der Waals surface area contributed by atoms with Crippen LogP contribution >= 0.6 is 11.3 Å². The molecule has 3 aromatic rings. The van der Waals surface area contributed by atoms with Crippen LogP contribution in [0.5, 0.6) is 5.75 Å². The van der Waals surface area contributed by atoms with Gasteiger partial charge in [0, 0.05) is 13.5 Å². The third kappa shape index (κ3) is 4.95. The van der Waals surface area contributed by atoms with E-state index in [4.69, 9.17) is 4.74 Å². The summed E-state index contributed by atoms with van der Waals surface area (Å²) in [5.74, 6) is 0.511.